The summed E-state index contributed by atoms with van der Waals surface area (Å²) in [5, 5.41) is 14.2. The Morgan fingerprint density at radius 2 is 1.51 bits per heavy atom. The first-order valence-electron chi connectivity index (χ1n) is 11.6. The molecule has 1 spiro atoms. The number of rotatable bonds is 5. The number of pyridine rings is 2. The Hall–Kier alpha value is -3.46. The van der Waals surface area contributed by atoms with Gasteiger partial charge >= 0.3 is 24.3 Å². The number of halogens is 6. The molecule has 9 nitrogen and oxygen atoms in total. The van der Waals surface area contributed by atoms with Crippen molar-refractivity contribution in [3.8, 4) is 5.75 Å². The van der Waals surface area contributed by atoms with E-state index in [0.717, 1.165) is 38.4 Å². The SMILES string of the molecule is O=C(O)C(F)(F)F.O=C(O)C(F)(F)F.c1cncc(CN2CCC3(CC2)COC(COc2cccnc2)C3)c1. The lowest BCUT2D eigenvalue weighted by Crippen LogP contribution is -2.40. The predicted molar refractivity (Wildman–Crippen MR) is 123 cm³/mol. The molecule has 2 aromatic rings. The fourth-order valence-corrected chi connectivity index (χ4v) is 3.91. The van der Waals surface area contributed by atoms with Gasteiger partial charge in [0.2, 0.25) is 0 Å². The molecule has 4 rings (SSSR count). The van der Waals surface area contributed by atoms with Crippen molar-refractivity contribution in [2.45, 2.75) is 44.3 Å². The third-order valence-electron chi connectivity index (χ3n) is 5.89. The summed E-state index contributed by atoms with van der Waals surface area (Å²) in [6.45, 7) is 4.75. The van der Waals surface area contributed by atoms with E-state index in [9.17, 15) is 26.3 Å². The summed E-state index contributed by atoms with van der Waals surface area (Å²) in [6, 6.07) is 8.00. The van der Waals surface area contributed by atoms with Gasteiger partial charge in [-0.2, -0.15) is 26.3 Å². The molecule has 2 aliphatic rings. The number of likely N-dealkylation sites (tertiary alicyclic amines) is 1. The van der Waals surface area contributed by atoms with E-state index >= 15 is 0 Å². The molecule has 2 aliphatic heterocycles. The van der Waals surface area contributed by atoms with Crippen molar-refractivity contribution in [3.05, 3.63) is 54.6 Å². The third kappa shape index (κ3) is 11.4. The topological polar surface area (TPSA) is 122 Å². The van der Waals surface area contributed by atoms with Gasteiger partial charge in [-0.3, -0.25) is 14.9 Å². The standard InChI is InChI=1S/C20H25N3O2.2C2HF3O2/c1-3-17(12-21-7-1)14-23-9-5-20(6-10-23)11-19(25-16-20)15-24-18-4-2-8-22-13-18;2*3-2(4,5)1(6)7/h1-4,7-8,12-13,19H,5-6,9-11,14-16H2;2*(H,6,7). The van der Waals surface area contributed by atoms with Crippen molar-refractivity contribution in [3.63, 3.8) is 0 Å². The quantitative estimate of drug-likeness (QED) is 0.512. The van der Waals surface area contributed by atoms with Crippen molar-refractivity contribution in [1.29, 1.82) is 0 Å². The van der Waals surface area contributed by atoms with Gasteiger partial charge in [-0.15, -0.1) is 0 Å². The third-order valence-corrected chi connectivity index (χ3v) is 5.89. The first-order chi connectivity index (χ1) is 18.2. The van der Waals surface area contributed by atoms with Gasteiger partial charge in [-0.05, 0) is 61.5 Å². The second kappa shape index (κ2) is 14.1. The first-order valence-corrected chi connectivity index (χ1v) is 11.6. The zero-order valence-corrected chi connectivity index (χ0v) is 20.5. The zero-order valence-electron chi connectivity index (χ0n) is 20.5. The molecule has 2 fully saturated rings. The number of alkyl halides is 6. The van der Waals surface area contributed by atoms with E-state index in [1.807, 2.05) is 30.6 Å². The maximum Gasteiger partial charge on any atom is 0.490 e. The van der Waals surface area contributed by atoms with Crippen LogP contribution in [-0.2, 0) is 20.9 Å². The van der Waals surface area contributed by atoms with Crippen LogP contribution in [0, 0.1) is 5.41 Å². The number of carboxylic acid groups (broad SMARTS) is 2. The molecule has 216 valence electrons. The molecule has 4 heterocycles. The molecule has 0 radical (unpaired) electrons. The minimum atomic E-state index is -5.08. The highest BCUT2D eigenvalue weighted by Gasteiger charge is 2.42. The lowest BCUT2D eigenvalue weighted by atomic mass is 9.76. The van der Waals surface area contributed by atoms with Crippen LogP contribution in [0.4, 0.5) is 26.3 Å². The molecule has 1 unspecified atom stereocenters. The van der Waals surface area contributed by atoms with Crippen molar-refractivity contribution in [2.75, 3.05) is 26.3 Å². The van der Waals surface area contributed by atoms with Gasteiger partial charge in [-0.1, -0.05) is 6.07 Å². The number of hydrogen-bond donors (Lipinski definition) is 2. The molecular weight excluding hydrogens is 540 g/mol. The van der Waals surface area contributed by atoms with Crippen LogP contribution in [0.1, 0.15) is 24.8 Å². The summed E-state index contributed by atoms with van der Waals surface area (Å²) >= 11 is 0. The van der Waals surface area contributed by atoms with Gasteiger partial charge in [0.25, 0.3) is 0 Å². The number of nitrogens with zero attached hydrogens (tertiary/aromatic N) is 3. The smallest absolute Gasteiger partial charge is 0.489 e. The van der Waals surface area contributed by atoms with Crippen LogP contribution in [0.15, 0.2) is 49.1 Å². The highest BCUT2D eigenvalue weighted by atomic mass is 19.4. The van der Waals surface area contributed by atoms with Gasteiger partial charge in [-0.25, -0.2) is 9.59 Å². The van der Waals surface area contributed by atoms with Crippen LogP contribution in [-0.4, -0.2) is 81.8 Å². The minimum Gasteiger partial charge on any atom is -0.489 e. The van der Waals surface area contributed by atoms with Crippen molar-refractivity contribution < 1.29 is 55.6 Å². The molecule has 15 heteroatoms. The molecule has 2 aromatic heterocycles. The lowest BCUT2D eigenvalue weighted by molar-refractivity contribution is -0.193. The van der Waals surface area contributed by atoms with Crippen molar-refractivity contribution >= 4 is 11.9 Å². The molecule has 0 saturated carbocycles. The molecule has 0 bridgehead atoms. The van der Waals surface area contributed by atoms with Gasteiger partial charge in [0.05, 0.1) is 18.9 Å². The second-order valence-electron chi connectivity index (χ2n) is 8.88. The molecule has 1 atom stereocenters. The van der Waals surface area contributed by atoms with E-state index in [2.05, 4.69) is 20.9 Å². The van der Waals surface area contributed by atoms with Crippen LogP contribution < -0.4 is 4.74 Å². The van der Waals surface area contributed by atoms with Gasteiger partial charge < -0.3 is 19.7 Å². The Balaban J connectivity index is 0.000000317. The summed E-state index contributed by atoms with van der Waals surface area (Å²) in [7, 11) is 0. The van der Waals surface area contributed by atoms with Gasteiger partial charge in [0.1, 0.15) is 12.4 Å². The number of carbonyl (C=O) groups is 2. The number of piperidine rings is 1. The molecule has 0 amide bonds. The predicted octanol–water partition coefficient (Wildman–Crippen LogP) is 4.19. The number of ether oxygens (including phenoxy) is 2. The molecule has 0 aromatic carbocycles. The summed E-state index contributed by atoms with van der Waals surface area (Å²) in [4.78, 5) is 28.6. The van der Waals surface area contributed by atoms with Crippen LogP contribution in [0.2, 0.25) is 0 Å². The van der Waals surface area contributed by atoms with Gasteiger partial charge in [0, 0.05) is 25.1 Å². The summed E-state index contributed by atoms with van der Waals surface area (Å²) in [5.74, 6) is -4.70. The van der Waals surface area contributed by atoms with E-state index in [4.69, 9.17) is 29.3 Å². The Morgan fingerprint density at radius 3 is 1.97 bits per heavy atom. The first kappa shape index (κ1) is 31.8. The highest BCUT2D eigenvalue weighted by Crippen LogP contribution is 2.42. The fraction of sp³-hybridized carbons (Fsp3) is 0.500. The van der Waals surface area contributed by atoms with Crippen LogP contribution >= 0.6 is 0 Å². The Kier molecular flexibility index (Phi) is 11.5. The van der Waals surface area contributed by atoms with Crippen LogP contribution in [0.3, 0.4) is 0 Å². The molecule has 0 aliphatic carbocycles. The van der Waals surface area contributed by atoms with Gasteiger partial charge in [0.15, 0.2) is 0 Å². The lowest BCUT2D eigenvalue weighted by Gasteiger charge is -2.38. The highest BCUT2D eigenvalue weighted by molar-refractivity contribution is 5.73. The maximum atomic E-state index is 10.6. The van der Waals surface area contributed by atoms with E-state index in [0.29, 0.717) is 12.0 Å². The van der Waals surface area contributed by atoms with Crippen LogP contribution in [0.5, 0.6) is 5.75 Å². The molecule has 2 saturated heterocycles. The number of carboxylic acids is 2. The average molecular weight is 567 g/mol. The maximum absolute atomic E-state index is 10.6. The monoisotopic (exact) mass is 567 g/mol. The number of aromatic nitrogens is 2. The molecule has 39 heavy (non-hydrogen) atoms. The molecular formula is C24H27F6N3O6. The Labute approximate surface area is 219 Å². The number of hydrogen-bond acceptors (Lipinski definition) is 7. The summed E-state index contributed by atoms with van der Waals surface area (Å²) in [5.41, 5.74) is 1.64. The number of aliphatic carboxylic acids is 2. The van der Waals surface area contributed by atoms with E-state index in [1.165, 1.54) is 18.4 Å². The van der Waals surface area contributed by atoms with E-state index < -0.39 is 24.3 Å². The van der Waals surface area contributed by atoms with E-state index in [1.54, 1.807) is 12.4 Å². The van der Waals surface area contributed by atoms with Crippen LogP contribution in [0.25, 0.3) is 0 Å². The Morgan fingerprint density at radius 1 is 0.974 bits per heavy atom. The minimum absolute atomic E-state index is 0.199. The van der Waals surface area contributed by atoms with Crippen molar-refractivity contribution in [2.24, 2.45) is 5.41 Å². The molecule has 2 N–H and O–H groups in total. The average Bonchev–Trinajstić information content (AvgIpc) is 3.28. The van der Waals surface area contributed by atoms with E-state index in [-0.39, 0.29) is 6.10 Å². The summed E-state index contributed by atoms with van der Waals surface area (Å²) < 4.78 is 75.3. The fourth-order valence-electron chi connectivity index (χ4n) is 3.91. The zero-order chi connectivity index (χ0) is 29.1. The summed E-state index contributed by atoms with van der Waals surface area (Å²) in [6.07, 6.45) is 0.855. The normalized spacial score (nSPS) is 18.8. The largest absolute Gasteiger partial charge is 0.490 e. The second-order valence-corrected chi connectivity index (χ2v) is 8.88. The Bertz CT molecular complexity index is 1010. The van der Waals surface area contributed by atoms with Crippen molar-refractivity contribution in [1.82, 2.24) is 14.9 Å².